The fourth-order valence-electron chi connectivity index (χ4n) is 1.34. The van der Waals surface area contributed by atoms with Gasteiger partial charge in [-0.25, -0.2) is 4.79 Å². The fourth-order valence-corrected chi connectivity index (χ4v) is 1.34. The van der Waals surface area contributed by atoms with E-state index in [0.29, 0.717) is 12.4 Å². The molecule has 0 saturated heterocycles. The number of carboxylic acid groups (broad SMARTS) is 1. The third-order valence-corrected chi connectivity index (χ3v) is 2.10. The summed E-state index contributed by atoms with van der Waals surface area (Å²) >= 11 is 0. The Kier molecular flexibility index (Phi) is 3.25. The number of halogens is 3. The molecule has 1 unspecified atom stereocenters. The summed E-state index contributed by atoms with van der Waals surface area (Å²) in [5, 5.41) is 12.3. The quantitative estimate of drug-likeness (QED) is 0.875. The van der Waals surface area contributed by atoms with E-state index >= 15 is 0 Å². The van der Waals surface area contributed by atoms with E-state index in [-0.39, 0.29) is 5.92 Å². The van der Waals surface area contributed by atoms with Crippen LogP contribution in [0.2, 0.25) is 0 Å². The average molecular weight is 236 g/mol. The molecule has 0 aliphatic carbocycles. The second kappa shape index (κ2) is 4.15. The Hall–Kier alpha value is -1.53. The van der Waals surface area contributed by atoms with E-state index in [4.69, 9.17) is 5.11 Å². The maximum Gasteiger partial charge on any atom is 0.419 e. The third kappa shape index (κ3) is 2.53. The second-order valence-electron chi connectivity index (χ2n) is 3.73. The van der Waals surface area contributed by atoms with E-state index in [0.717, 1.165) is 4.68 Å². The first kappa shape index (κ1) is 12.5. The van der Waals surface area contributed by atoms with Crippen molar-refractivity contribution in [3.8, 4) is 0 Å². The van der Waals surface area contributed by atoms with Gasteiger partial charge in [-0.05, 0) is 5.92 Å². The molecule has 0 amide bonds. The van der Waals surface area contributed by atoms with Crippen molar-refractivity contribution in [1.29, 1.82) is 0 Å². The minimum Gasteiger partial charge on any atom is -0.480 e. The molecule has 0 fully saturated rings. The molecule has 1 atom stereocenters. The summed E-state index contributed by atoms with van der Waals surface area (Å²) in [6.45, 7) is 3.21. The Morgan fingerprint density at radius 3 is 2.38 bits per heavy atom. The number of rotatable bonds is 3. The van der Waals surface area contributed by atoms with E-state index in [1.807, 2.05) is 0 Å². The lowest BCUT2D eigenvalue weighted by Crippen LogP contribution is -2.24. The van der Waals surface area contributed by atoms with Gasteiger partial charge in [-0.3, -0.25) is 4.68 Å². The van der Waals surface area contributed by atoms with E-state index < -0.39 is 23.8 Å². The van der Waals surface area contributed by atoms with Crippen molar-refractivity contribution < 1.29 is 23.1 Å². The van der Waals surface area contributed by atoms with Gasteiger partial charge in [-0.15, -0.1) is 0 Å². The summed E-state index contributed by atoms with van der Waals surface area (Å²) in [6.07, 6.45) is -3.17. The number of nitrogens with zero attached hydrogens (tertiary/aromatic N) is 2. The topological polar surface area (TPSA) is 55.1 Å². The number of aliphatic carboxylic acids is 1. The van der Waals surface area contributed by atoms with Crippen molar-refractivity contribution in [2.24, 2.45) is 5.92 Å². The average Bonchev–Trinajstić information content (AvgIpc) is 2.50. The zero-order valence-electron chi connectivity index (χ0n) is 8.69. The number of hydrogen-bond acceptors (Lipinski definition) is 2. The van der Waals surface area contributed by atoms with Crippen LogP contribution in [0.3, 0.4) is 0 Å². The van der Waals surface area contributed by atoms with E-state index in [9.17, 15) is 18.0 Å². The standard InChI is InChI=1S/C9H11F3N2O2/c1-5(2)7(8(15)16)14-4-6(3-13-14)9(10,11)12/h3-5,7H,1-2H3,(H,15,16). The van der Waals surface area contributed by atoms with Gasteiger partial charge in [0.05, 0.1) is 11.8 Å². The van der Waals surface area contributed by atoms with Gasteiger partial charge in [0.1, 0.15) is 0 Å². The molecule has 0 radical (unpaired) electrons. The van der Waals surface area contributed by atoms with Gasteiger partial charge in [0.15, 0.2) is 6.04 Å². The molecule has 1 aromatic rings. The van der Waals surface area contributed by atoms with Crippen LogP contribution in [0.15, 0.2) is 12.4 Å². The molecule has 0 spiro atoms. The Labute approximate surface area is 89.7 Å². The molecule has 1 aromatic heterocycles. The molecule has 90 valence electrons. The van der Waals surface area contributed by atoms with Gasteiger partial charge in [-0.1, -0.05) is 13.8 Å². The van der Waals surface area contributed by atoms with E-state index in [1.54, 1.807) is 13.8 Å². The van der Waals surface area contributed by atoms with Crippen LogP contribution >= 0.6 is 0 Å². The fraction of sp³-hybridized carbons (Fsp3) is 0.556. The molecule has 16 heavy (non-hydrogen) atoms. The lowest BCUT2D eigenvalue weighted by atomic mass is 10.1. The zero-order chi connectivity index (χ0) is 12.5. The molecule has 7 heteroatoms. The normalized spacial score (nSPS) is 14.1. The number of carboxylic acids is 1. The first-order valence-corrected chi connectivity index (χ1v) is 4.57. The predicted molar refractivity (Wildman–Crippen MR) is 48.7 cm³/mol. The molecule has 4 nitrogen and oxygen atoms in total. The van der Waals surface area contributed by atoms with Crippen LogP contribution in [0.25, 0.3) is 0 Å². The first-order valence-electron chi connectivity index (χ1n) is 4.57. The summed E-state index contributed by atoms with van der Waals surface area (Å²) in [5.74, 6) is -1.55. The number of alkyl halides is 3. The zero-order valence-corrected chi connectivity index (χ0v) is 8.69. The Bertz CT molecular complexity index is 384. The van der Waals surface area contributed by atoms with Crippen molar-refractivity contribution in [3.05, 3.63) is 18.0 Å². The van der Waals surface area contributed by atoms with Crippen LogP contribution < -0.4 is 0 Å². The highest BCUT2D eigenvalue weighted by atomic mass is 19.4. The van der Waals surface area contributed by atoms with Crippen LogP contribution in [0.4, 0.5) is 13.2 Å². The largest absolute Gasteiger partial charge is 0.480 e. The highest BCUT2D eigenvalue weighted by Crippen LogP contribution is 2.30. The van der Waals surface area contributed by atoms with Crippen LogP contribution in [0.1, 0.15) is 25.5 Å². The molecule has 0 aliphatic rings. The van der Waals surface area contributed by atoms with Crippen molar-refractivity contribution in [1.82, 2.24) is 9.78 Å². The Morgan fingerprint density at radius 1 is 1.50 bits per heavy atom. The summed E-state index contributed by atoms with van der Waals surface area (Å²) in [7, 11) is 0. The number of aromatic nitrogens is 2. The predicted octanol–water partition coefficient (Wildman–Crippen LogP) is 2.18. The molecule has 0 aliphatic heterocycles. The lowest BCUT2D eigenvalue weighted by molar-refractivity contribution is -0.143. The van der Waals surface area contributed by atoms with Crippen molar-refractivity contribution in [2.75, 3.05) is 0 Å². The van der Waals surface area contributed by atoms with Crippen molar-refractivity contribution in [3.63, 3.8) is 0 Å². The van der Waals surface area contributed by atoms with Gasteiger partial charge < -0.3 is 5.11 Å². The molecule has 1 rings (SSSR count). The molecule has 0 saturated carbocycles. The number of carbonyl (C=O) groups is 1. The monoisotopic (exact) mass is 236 g/mol. The highest BCUT2D eigenvalue weighted by molar-refractivity contribution is 5.72. The summed E-state index contributed by atoms with van der Waals surface area (Å²) in [5.41, 5.74) is -0.945. The molecule has 0 aromatic carbocycles. The van der Waals surface area contributed by atoms with Gasteiger partial charge in [-0.2, -0.15) is 18.3 Å². The van der Waals surface area contributed by atoms with Gasteiger partial charge in [0.25, 0.3) is 0 Å². The molecule has 0 bridgehead atoms. The maximum atomic E-state index is 12.3. The van der Waals surface area contributed by atoms with Crippen LogP contribution in [-0.4, -0.2) is 20.9 Å². The Morgan fingerprint density at radius 2 is 2.06 bits per heavy atom. The van der Waals surface area contributed by atoms with Crippen molar-refractivity contribution in [2.45, 2.75) is 26.1 Å². The SMILES string of the molecule is CC(C)C(C(=O)O)n1cc(C(F)(F)F)cn1. The summed E-state index contributed by atoms with van der Waals surface area (Å²) in [4.78, 5) is 10.9. The van der Waals surface area contributed by atoms with Crippen LogP contribution in [0.5, 0.6) is 0 Å². The van der Waals surface area contributed by atoms with Gasteiger partial charge >= 0.3 is 12.1 Å². The minimum absolute atomic E-state index is 0.349. The van der Waals surface area contributed by atoms with Gasteiger partial charge in [0, 0.05) is 6.20 Å². The third-order valence-electron chi connectivity index (χ3n) is 2.10. The van der Waals surface area contributed by atoms with E-state index in [1.165, 1.54) is 0 Å². The van der Waals surface area contributed by atoms with E-state index in [2.05, 4.69) is 5.10 Å². The minimum atomic E-state index is -4.50. The smallest absolute Gasteiger partial charge is 0.419 e. The summed E-state index contributed by atoms with van der Waals surface area (Å²) < 4.78 is 37.6. The molecular formula is C9H11F3N2O2. The number of hydrogen-bond donors (Lipinski definition) is 1. The molecular weight excluding hydrogens is 225 g/mol. The highest BCUT2D eigenvalue weighted by Gasteiger charge is 2.34. The Balaban J connectivity index is 3.04. The summed E-state index contributed by atoms with van der Waals surface area (Å²) in [6, 6.07) is -1.09. The first-order chi connectivity index (χ1) is 7.23. The van der Waals surface area contributed by atoms with Crippen molar-refractivity contribution >= 4 is 5.97 Å². The molecule has 1 N–H and O–H groups in total. The lowest BCUT2D eigenvalue weighted by Gasteiger charge is -2.16. The second-order valence-corrected chi connectivity index (χ2v) is 3.73. The van der Waals surface area contributed by atoms with Crippen LogP contribution in [0, 0.1) is 5.92 Å². The van der Waals surface area contributed by atoms with Gasteiger partial charge in [0.2, 0.25) is 0 Å². The molecule has 1 heterocycles. The van der Waals surface area contributed by atoms with Crippen LogP contribution in [-0.2, 0) is 11.0 Å². The maximum absolute atomic E-state index is 12.3.